The van der Waals surface area contributed by atoms with Crippen molar-refractivity contribution in [2.75, 3.05) is 13.2 Å². The normalized spacial score (nSPS) is 12.6. The number of halogens is 1. The molecule has 0 amide bonds. The predicted octanol–water partition coefficient (Wildman–Crippen LogP) is 3.34. The topological polar surface area (TPSA) is 25.8 Å². The van der Waals surface area contributed by atoms with E-state index in [1.807, 2.05) is 12.1 Å². The molecule has 0 unspecified atom stereocenters. The van der Waals surface area contributed by atoms with Gasteiger partial charge >= 0.3 is 0 Å². The summed E-state index contributed by atoms with van der Waals surface area (Å²) in [5.41, 5.74) is 0. The maximum Gasteiger partial charge on any atom is 0.137 e. The molecule has 2 rings (SSSR count). The summed E-state index contributed by atoms with van der Waals surface area (Å²) in [4.78, 5) is 0. The van der Waals surface area contributed by atoms with Crippen molar-refractivity contribution in [1.82, 2.24) is 0 Å². The molecular weight excluding hydrogens is 302 g/mol. The van der Waals surface area contributed by atoms with Gasteiger partial charge in [-0.2, -0.15) is 0 Å². The van der Waals surface area contributed by atoms with Crippen LogP contribution in [0.15, 0.2) is 40.9 Å². The minimum absolute atomic E-state index is 0.670. The zero-order valence-electron chi connectivity index (χ0n) is 11.5. The van der Waals surface area contributed by atoms with Gasteiger partial charge in [0.25, 0.3) is 0 Å². The Morgan fingerprint density at radius 1 is 1.21 bits per heavy atom. The molecule has 102 valence electrons. The van der Waals surface area contributed by atoms with Crippen molar-refractivity contribution in [3.8, 4) is 5.75 Å². The number of nitrogens with two attached hydrogens (primary N) is 1. The van der Waals surface area contributed by atoms with Gasteiger partial charge in [0.2, 0.25) is 0 Å². The Morgan fingerprint density at radius 2 is 2.00 bits per heavy atom. The maximum absolute atomic E-state index is 5.86. The van der Waals surface area contributed by atoms with E-state index in [1.54, 1.807) is 0 Å². The highest BCUT2D eigenvalue weighted by Crippen LogP contribution is 2.32. The van der Waals surface area contributed by atoms with Crippen LogP contribution in [-0.2, 0) is 0 Å². The molecule has 1 atom stereocenters. The molecular formula is C16H21BrNO+. The van der Waals surface area contributed by atoms with Crippen molar-refractivity contribution in [3.63, 3.8) is 0 Å². The summed E-state index contributed by atoms with van der Waals surface area (Å²) in [6.07, 6.45) is 1.19. The van der Waals surface area contributed by atoms with Crippen molar-refractivity contribution in [1.29, 1.82) is 0 Å². The third-order valence-electron chi connectivity index (χ3n) is 3.42. The fraction of sp³-hybridized carbons (Fsp3) is 0.375. The van der Waals surface area contributed by atoms with E-state index in [0.717, 1.165) is 23.4 Å². The highest BCUT2D eigenvalue weighted by molar-refractivity contribution is 9.10. The number of ether oxygens (including phenoxy) is 1. The fourth-order valence-electron chi connectivity index (χ4n) is 2.01. The first-order chi connectivity index (χ1) is 9.22. The molecule has 2 aromatic carbocycles. The molecule has 2 aromatic rings. The summed E-state index contributed by atoms with van der Waals surface area (Å²) in [6.45, 7) is 6.18. The predicted molar refractivity (Wildman–Crippen MR) is 83.7 cm³/mol. The van der Waals surface area contributed by atoms with Gasteiger partial charge in [-0.05, 0) is 46.1 Å². The van der Waals surface area contributed by atoms with Crippen molar-refractivity contribution >= 4 is 26.7 Å². The Labute approximate surface area is 123 Å². The number of fused-ring (bicyclic) bond motifs is 1. The van der Waals surface area contributed by atoms with E-state index in [2.05, 4.69) is 59.4 Å². The summed E-state index contributed by atoms with van der Waals surface area (Å²) in [6, 6.07) is 13.1. The molecule has 0 radical (unpaired) electrons. The van der Waals surface area contributed by atoms with Crippen LogP contribution >= 0.6 is 15.9 Å². The Hall–Kier alpha value is -1.06. The van der Waals surface area contributed by atoms with E-state index in [0.29, 0.717) is 6.04 Å². The molecule has 0 aliphatic heterocycles. The second-order valence-corrected chi connectivity index (χ2v) is 5.65. The van der Waals surface area contributed by atoms with Crippen LogP contribution in [0.5, 0.6) is 5.75 Å². The number of hydrogen-bond donors (Lipinski definition) is 1. The Morgan fingerprint density at radius 3 is 2.79 bits per heavy atom. The number of rotatable bonds is 6. The molecule has 0 aliphatic rings. The molecule has 0 saturated heterocycles. The van der Waals surface area contributed by atoms with Crippen molar-refractivity contribution < 1.29 is 10.1 Å². The lowest BCUT2D eigenvalue weighted by atomic mass is 10.1. The maximum atomic E-state index is 5.86. The van der Waals surface area contributed by atoms with Gasteiger partial charge in [-0.1, -0.05) is 37.3 Å². The van der Waals surface area contributed by atoms with Crippen LogP contribution < -0.4 is 10.1 Å². The molecule has 0 bridgehead atoms. The number of hydrogen-bond acceptors (Lipinski definition) is 1. The fourth-order valence-corrected chi connectivity index (χ4v) is 2.62. The Kier molecular flexibility index (Phi) is 5.23. The zero-order valence-corrected chi connectivity index (χ0v) is 13.1. The van der Waals surface area contributed by atoms with E-state index < -0.39 is 0 Å². The van der Waals surface area contributed by atoms with E-state index in [9.17, 15) is 0 Å². The molecule has 0 aromatic heterocycles. The summed E-state index contributed by atoms with van der Waals surface area (Å²) < 4.78 is 6.91. The molecule has 0 spiro atoms. The summed E-state index contributed by atoms with van der Waals surface area (Å²) in [7, 11) is 0. The summed E-state index contributed by atoms with van der Waals surface area (Å²) in [5, 5.41) is 4.76. The van der Waals surface area contributed by atoms with E-state index >= 15 is 0 Å². The van der Waals surface area contributed by atoms with Gasteiger partial charge in [-0.3, -0.25) is 0 Å². The van der Waals surface area contributed by atoms with E-state index in [1.165, 1.54) is 17.2 Å². The zero-order chi connectivity index (χ0) is 13.7. The Balaban J connectivity index is 1.99. The third-order valence-corrected chi connectivity index (χ3v) is 4.23. The van der Waals surface area contributed by atoms with E-state index in [-0.39, 0.29) is 0 Å². The van der Waals surface area contributed by atoms with Crippen LogP contribution in [-0.4, -0.2) is 19.2 Å². The molecule has 3 heteroatoms. The number of benzene rings is 2. The molecule has 0 saturated carbocycles. The largest absolute Gasteiger partial charge is 0.487 e. The van der Waals surface area contributed by atoms with Crippen molar-refractivity contribution in [2.24, 2.45) is 0 Å². The molecule has 2 nitrogen and oxygen atoms in total. The minimum atomic E-state index is 0.670. The molecule has 0 heterocycles. The van der Waals surface area contributed by atoms with Gasteiger partial charge in [0.15, 0.2) is 0 Å². The summed E-state index contributed by atoms with van der Waals surface area (Å²) in [5.74, 6) is 0.927. The van der Waals surface area contributed by atoms with E-state index in [4.69, 9.17) is 4.74 Å². The average molecular weight is 323 g/mol. The molecule has 19 heavy (non-hydrogen) atoms. The minimum Gasteiger partial charge on any atom is -0.487 e. The standard InChI is InChI=1S/C16H20BrNO/c1-3-12(2)18-10-11-19-15-9-8-13-6-4-5-7-14(13)16(15)17/h4-9,12,18H,3,10-11H2,1-2H3/p+1/t12-/m1/s1. The Bertz CT molecular complexity index is 541. The summed E-state index contributed by atoms with van der Waals surface area (Å²) >= 11 is 3.64. The monoisotopic (exact) mass is 322 g/mol. The van der Waals surface area contributed by atoms with Crippen LogP contribution in [0.4, 0.5) is 0 Å². The lowest BCUT2D eigenvalue weighted by Crippen LogP contribution is -2.90. The van der Waals surface area contributed by atoms with Crippen LogP contribution in [0.1, 0.15) is 20.3 Å². The van der Waals surface area contributed by atoms with Gasteiger partial charge in [0, 0.05) is 0 Å². The lowest BCUT2D eigenvalue weighted by molar-refractivity contribution is -0.686. The molecule has 0 aliphatic carbocycles. The number of quaternary nitrogens is 1. The van der Waals surface area contributed by atoms with Gasteiger partial charge in [-0.15, -0.1) is 0 Å². The molecule has 0 fully saturated rings. The second-order valence-electron chi connectivity index (χ2n) is 4.86. The highest BCUT2D eigenvalue weighted by Gasteiger charge is 2.06. The second kappa shape index (κ2) is 6.92. The smallest absolute Gasteiger partial charge is 0.137 e. The first-order valence-electron chi connectivity index (χ1n) is 6.85. The van der Waals surface area contributed by atoms with Gasteiger partial charge in [0.1, 0.15) is 18.9 Å². The van der Waals surface area contributed by atoms with Crippen LogP contribution in [0.3, 0.4) is 0 Å². The molecule has 2 N–H and O–H groups in total. The average Bonchev–Trinajstić information content (AvgIpc) is 2.45. The quantitative estimate of drug-likeness (QED) is 0.811. The SMILES string of the molecule is CC[C@@H](C)[NH2+]CCOc1ccc2ccccc2c1Br. The van der Waals surface area contributed by atoms with Crippen LogP contribution in [0, 0.1) is 0 Å². The van der Waals surface area contributed by atoms with Crippen molar-refractivity contribution in [2.45, 2.75) is 26.3 Å². The van der Waals surface area contributed by atoms with Gasteiger partial charge in [-0.25, -0.2) is 0 Å². The first kappa shape index (κ1) is 14.4. The lowest BCUT2D eigenvalue weighted by Gasteiger charge is -2.11. The highest BCUT2D eigenvalue weighted by atomic mass is 79.9. The first-order valence-corrected chi connectivity index (χ1v) is 7.65. The van der Waals surface area contributed by atoms with Crippen LogP contribution in [0.2, 0.25) is 0 Å². The van der Waals surface area contributed by atoms with Gasteiger partial charge < -0.3 is 10.1 Å². The van der Waals surface area contributed by atoms with Crippen molar-refractivity contribution in [3.05, 3.63) is 40.9 Å². The third kappa shape index (κ3) is 3.71. The van der Waals surface area contributed by atoms with Crippen LogP contribution in [0.25, 0.3) is 10.8 Å². The van der Waals surface area contributed by atoms with Gasteiger partial charge in [0.05, 0.1) is 10.5 Å².